The minimum Gasteiger partial charge on any atom is -0.495 e. The molecule has 2 rings (SSSR count). The number of piperazine rings is 1. The lowest BCUT2D eigenvalue weighted by atomic mass is 10.2. The normalized spacial score (nSPS) is 20.4. The van der Waals surface area contributed by atoms with Crippen molar-refractivity contribution >= 4 is 17.3 Å². The molecule has 5 heteroatoms. The Labute approximate surface area is 107 Å². The first-order valence-electron chi connectivity index (χ1n) is 5.76. The maximum atomic E-state index is 6.13. The van der Waals surface area contributed by atoms with Crippen LogP contribution in [0.15, 0.2) is 18.2 Å². The molecular weight excluding hydrogens is 238 g/mol. The number of methoxy groups -OCH3 is 1. The molecule has 1 aromatic carbocycles. The molecule has 0 aromatic heterocycles. The number of ether oxygens (including phenoxy) is 1. The van der Waals surface area contributed by atoms with Gasteiger partial charge in [0.25, 0.3) is 0 Å². The fourth-order valence-corrected chi connectivity index (χ4v) is 2.32. The van der Waals surface area contributed by atoms with Gasteiger partial charge in [0.2, 0.25) is 0 Å². The smallest absolute Gasteiger partial charge is 0.137 e. The fraction of sp³-hybridized carbons (Fsp3) is 0.500. The first-order chi connectivity index (χ1) is 8.24. The Hall–Kier alpha value is -0.970. The number of halogens is 1. The third kappa shape index (κ3) is 2.83. The van der Waals surface area contributed by atoms with E-state index in [4.69, 9.17) is 22.1 Å². The van der Waals surface area contributed by atoms with Crippen molar-refractivity contribution in [2.75, 3.05) is 38.2 Å². The summed E-state index contributed by atoms with van der Waals surface area (Å²) in [6.07, 6.45) is 0. The van der Waals surface area contributed by atoms with Gasteiger partial charge in [0.05, 0.1) is 12.1 Å². The average molecular weight is 256 g/mol. The van der Waals surface area contributed by atoms with E-state index in [1.54, 1.807) is 7.11 Å². The van der Waals surface area contributed by atoms with Crippen LogP contribution in [-0.2, 0) is 0 Å². The number of nitrogens with one attached hydrogen (secondary N) is 1. The first kappa shape index (κ1) is 12.5. The van der Waals surface area contributed by atoms with Crippen LogP contribution in [0, 0.1) is 0 Å². The Morgan fingerprint density at radius 1 is 1.59 bits per heavy atom. The molecule has 0 spiro atoms. The molecule has 0 aliphatic carbocycles. The number of rotatable bonds is 3. The summed E-state index contributed by atoms with van der Waals surface area (Å²) in [7, 11) is 1.62. The van der Waals surface area contributed by atoms with E-state index in [1.807, 2.05) is 18.2 Å². The SMILES string of the molecule is COc1ccc(N2CCNC(CN)C2)cc1Cl. The van der Waals surface area contributed by atoms with Crippen molar-refractivity contribution in [3.8, 4) is 5.75 Å². The molecule has 94 valence electrons. The van der Waals surface area contributed by atoms with Crippen molar-refractivity contribution in [1.29, 1.82) is 0 Å². The zero-order chi connectivity index (χ0) is 12.3. The van der Waals surface area contributed by atoms with Gasteiger partial charge in [-0.25, -0.2) is 0 Å². The topological polar surface area (TPSA) is 50.5 Å². The Kier molecular flexibility index (Phi) is 4.10. The quantitative estimate of drug-likeness (QED) is 0.849. The van der Waals surface area contributed by atoms with Crippen LogP contribution in [0.1, 0.15) is 0 Å². The molecule has 1 heterocycles. The summed E-state index contributed by atoms with van der Waals surface area (Å²) >= 11 is 6.13. The molecular formula is C12H18ClN3O. The van der Waals surface area contributed by atoms with E-state index >= 15 is 0 Å². The van der Waals surface area contributed by atoms with Gasteiger partial charge in [0, 0.05) is 37.9 Å². The van der Waals surface area contributed by atoms with Gasteiger partial charge in [-0.3, -0.25) is 0 Å². The number of anilines is 1. The Morgan fingerprint density at radius 3 is 3.06 bits per heavy atom. The van der Waals surface area contributed by atoms with Gasteiger partial charge < -0.3 is 20.7 Å². The average Bonchev–Trinajstić information content (AvgIpc) is 2.38. The number of benzene rings is 1. The van der Waals surface area contributed by atoms with E-state index < -0.39 is 0 Å². The van der Waals surface area contributed by atoms with Crippen LogP contribution in [0.4, 0.5) is 5.69 Å². The van der Waals surface area contributed by atoms with Crippen LogP contribution >= 0.6 is 11.6 Å². The third-order valence-corrected chi connectivity index (χ3v) is 3.34. The van der Waals surface area contributed by atoms with Gasteiger partial charge in [-0.1, -0.05) is 11.6 Å². The first-order valence-corrected chi connectivity index (χ1v) is 6.14. The van der Waals surface area contributed by atoms with Crippen LogP contribution in [0.5, 0.6) is 5.75 Å². The zero-order valence-corrected chi connectivity index (χ0v) is 10.7. The molecule has 4 nitrogen and oxygen atoms in total. The molecule has 1 fully saturated rings. The lowest BCUT2D eigenvalue weighted by Gasteiger charge is -2.34. The highest BCUT2D eigenvalue weighted by Crippen LogP contribution is 2.29. The van der Waals surface area contributed by atoms with Crippen LogP contribution in [0.2, 0.25) is 5.02 Å². The molecule has 1 atom stereocenters. The van der Waals surface area contributed by atoms with E-state index in [-0.39, 0.29) is 0 Å². The van der Waals surface area contributed by atoms with Crippen LogP contribution in [0.3, 0.4) is 0 Å². The second-order valence-corrected chi connectivity index (χ2v) is 4.56. The van der Waals surface area contributed by atoms with Crippen molar-refractivity contribution < 1.29 is 4.74 Å². The standard InChI is InChI=1S/C12H18ClN3O/c1-17-12-3-2-10(6-11(12)13)16-5-4-15-9(7-14)8-16/h2-3,6,9,15H,4-5,7-8,14H2,1H3. The van der Waals surface area contributed by atoms with E-state index in [9.17, 15) is 0 Å². The summed E-state index contributed by atoms with van der Waals surface area (Å²) in [6, 6.07) is 6.23. The molecule has 3 N–H and O–H groups in total. The lowest BCUT2D eigenvalue weighted by Crippen LogP contribution is -2.53. The van der Waals surface area contributed by atoms with Crippen LogP contribution in [0.25, 0.3) is 0 Å². The third-order valence-electron chi connectivity index (χ3n) is 3.04. The monoisotopic (exact) mass is 255 g/mol. The van der Waals surface area contributed by atoms with Gasteiger partial charge in [0.1, 0.15) is 5.75 Å². The highest BCUT2D eigenvalue weighted by Gasteiger charge is 2.18. The van der Waals surface area contributed by atoms with E-state index in [0.717, 1.165) is 25.3 Å². The van der Waals surface area contributed by atoms with Crippen LogP contribution < -0.4 is 20.7 Å². The second-order valence-electron chi connectivity index (χ2n) is 4.15. The minimum absolute atomic E-state index is 0.352. The van der Waals surface area contributed by atoms with E-state index in [1.165, 1.54) is 0 Å². The van der Waals surface area contributed by atoms with Crippen molar-refractivity contribution in [3.05, 3.63) is 23.2 Å². The zero-order valence-electron chi connectivity index (χ0n) is 9.95. The lowest BCUT2D eigenvalue weighted by molar-refractivity contribution is 0.415. The molecule has 1 aliphatic heterocycles. The Bertz CT molecular complexity index is 386. The van der Waals surface area contributed by atoms with Crippen molar-refractivity contribution in [1.82, 2.24) is 5.32 Å². The number of nitrogens with zero attached hydrogens (tertiary/aromatic N) is 1. The highest BCUT2D eigenvalue weighted by molar-refractivity contribution is 6.32. The summed E-state index contributed by atoms with van der Waals surface area (Å²) < 4.78 is 5.15. The van der Waals surface area contributed by atoms with Gasteiger partial charge in [-0.2, -0.15) is 0 Å². The van der Waals surface area contributed by atoms with E-state index in [2.05, 4.69) is 10.2 Å². The summed E-state index contributed by atoms with van der Waals surface area (Å²) in [5.74, 6) is 0.709. The number of nitrogens with two attached hydrogens (primary N) is 1. The van der Waals surface area contributed by atoms with Gasteiger partial charge >= 0.3 is 0 Å². The molecule has 0 bridgehead atoms. The van der Waals surface area contributed by atoms with E-state index in [0.29, 0.717) is 23.4 Å². The van der Waals surface area contributed by atoms with Crippen LogP contribution in [-0.4, -0.2) is 39.3 Å². The summed E-state index contributed by atoms with van der Waals surface area (Å²) in [5.41, 5.74) is 6.80. The summed E-state index contributed by atoms with van der Waals surface area (Å²) in [6.45, 7) is 3.49. The van der Waals surface area contributed by atoms with Gasteiger partial charge in [-0.15, -0.1) is 0 Å². The molecule has 1 aromatic rings. The maximum Gasteiger partial charge on any atom is 0.137 e. The Morgan fingerprint density at radius 2 is 2.41 bits per heavy atom. The molecule has 1 aliphatic rings. The van der Waals surface area contributed by atoms with Gasteiger partial charge in [0.15, 0.2) is 0 Å². The largest absolute Gasteiger partial charge is 0.495 e. The minimum atomic E-state index is 0.352. The number of hydrogen-bond acceptors (Lipinski definition) is 4. The molecule has 17 heavy (non-hydrogen) atoms. The molecule has 1 saturated heterocycles. The van der Waals surface area contributed by atoms with Crippen molar-refractivity contribution in [2.45, 2.75) is 6.04 Å². The summed E-state index contributed by atoms with van der Waals surface area (Å²) in [4.78, 5) is 2.29. The van der Waals surface area contributed by atoms with Gasteiger partial charge in [-0.05, 0) is 18.2 Å². The van der Waals surface area contributed by atoms with Crippen molar-refractivity contribution in [3.63, 3.8) is 0 Å². The second kappa shape index (κ2) is 5.58. The van der Waals surface area contributed by atoms with Crippen molar-refractivity contribution in [2.24, 2.45) is 5.73 Å². The maximum absolute atomic E-state index is 6.13. The molecule has 1 unspecified atom stereocenters. The molecule has 0 radical (unpaired) electrons. The molecule has 0 amide bonds. The summed E-state index contributed by atoms with van der Waals surface area (Å²) in [5, 5.41) is 4.03. The Balaban J connectivity index is 2.13. The predicted octanol–water partition coefficient (Wildman–Crippen LogP) is 1.09. The number of hydrogen-bond donors (Lipinski definition) is 2. The predicted molar refractivity (Wildman–Crippen MR) is 71.1 cm³/mol. The fourth-order valence-electron chi connectivity index (χ4n) is 2.07. The highest BCUT2D eigenvalue weighted by atomic mass is 35.5. The molecule has 0 saturated carbocycles.